The molecule has 0 spiro atoms. The normalized spacial score (nSPS) is 15.2. The van der Waals surface area contributed by atoms with Crippen molar-refractivity contribution in [3.05, 3.63) is 0 Å². The molecule has 150 valence electrons. The lowest BCUT2D eigenvalue weighted by atomic mass is 10.3. The average molecular weight is 401 g/mol. The van der Waals surface area contributed by atoms with Gasteiger partial charge in [0.1, 0.15) is 12.7 Å². The Bertz CT molecular complexity index is 353. The van der Waals surface area contributed by atoms with Gasteiger partial charge >= 0.3 is 11.9 Å². The molecule has 4 atom stereocenters. The highest BCUT2D eigenvalue weighted by atomic mass is 32.1. The third-order valence-corrected chi connectivity index (χ3v) is 3.96. The number of ether oxygens (including phenoxy) is 3. The van der Waals surface area contributed by atoms with E-state index in [4.69, 9.17) is 24.4 Å². The van der Waals surface area contributed by atoms with Crippen molar-refractivity contribution in [2.45, 2.75) is 63.2 Å². The Labute approximate surface area is 161 Å². The van der Waals surface area contributed by atoms with Gasteiger partial charge in [-0.2, -0.15) is 25.3 Å². The van der Waals surface area contributed by atoms with Crippen LogP contribution in [0.3, 0.4) is 0 Å². The van der Waals surface area contributed by atoms with Gasteiger partial charge in [0, 0.05) is 0 Å². The second kappa shape index (κ2) is 17.0. The summed E-state index contributed by atoms with van der Waals surface area (Å²) < 4.78 is 15.7. The Morgan fingerprint density at radius 2 is 1.36 bits per heavy atom. The molecule has 0 amide bonds. The molecule has 0 aromatic rings. The minimum atomic E-state index is -0.410. The van der Waals surface area contributed by atoms with Crippen molar-refractivity contribution in [2.24, 2.45) is 0 Å². The number of rotatable bonds is 11. The Morgan fingerprint density at radius 1 is 0.880 bits per heavy atom. The van der Waals surface area contributed by atoms with Crippen LogP contribution < -0.4 is 0 Å². The Kier molecular flexibility index (Phi) is 18.1. The molecular weight excluding hydrogens is 368 g/mol. The van der Waals surface area contributed by atoms with Crippen LogP contribution in [-0.4, -0.2) is 71.3 Å². The summed E-state index contributed by atoms with van der Waals surface area (Å²) in [5.74, 6) is -0.700. The number of esters is 2. The van der Waals surface area contributed by atoms with Crippen molar-refractivity contribution in [3.8, 4) is 0 Å². The summed E-state index contributed by atoms with van der Waals surface area (Å²) in [7, 11) is 0. The van der Waals surface area contributed by atoms with E-state index in [1.807, 2.05) is 13.8 Å². The lowest BCUT2D eigenvalue weighted by Gasteiger charge is -2.19. The van der Waals surface area contributed by atoms with Crippen LogP contribution in [-0.2, 0) is 23.8 Å². The van der Waals surface area contributed by atoms with E-state index >= 15 is 0 Å². The molecule has 0 saturated carbocycles. The van der Waals surface area contributed by atoms with E-state index in [9.17, 15) is 9.59 Å². The first-order chi connectivity index (χ1) is 11.7. The quantitative estimate of drug-likeness (QED) is 0.306. The molecule has 0 heterocycles. The van der Waals surface area contributed by atoms with Gasteiger partial charge in [-0.05, 0) is 26.7 Å². The molecule has 0 radical (unpaired) electrons. The van der Waals surface area contributed by atoms with Crippen LogP contribution in [0.2, 0.25) is 0 Å². The Morgan fingerprint density at radius 3 is 1.80 bits per heavy atom. The van der Waals surface area contributed by atoms with Gasteiger partial charge in [0.15, 0.2) is 0 Å². The zero-order valence-corrected chi connectivity index (χ0v) is 17.2. The minimum Gasteiger partial charge on any atom is -0.462 e. The van der Waals surface area contributed by atoms with E-state index in [2.05, 4.69) is 25.3 Å². The molecule has 4 unspecified atom stereocenters. The lowest BCUT2D eigenvalue weighted by Crippen LogP contribution is -2.29. The van der Waals surface area contributed by atoms with E-state index in [1.54, 1.807) is 13.8 Å². The summed E-state index contributed by atoms with van der Waals surface area (Å²) in [6.45, 7) is 7.40. The van der Waals surface area contributed by atoms with E-state index in [-0.39, 0.29) is 50.6 Å². The van der Waals surface area contributed by atoms with Crippen molar-refractivity contribution in [1.29, 1.82) is 0 Å². The Balaban J connectivity index is 0. The number of aliphatic hydroxyl groups is 2. The summed E-state index contributed by atoms with van der Waals surface area (Å²) in [5, 5.41) is 14.4. The summed E-state index contributed by atoms with van der Waals surface area (Å²) in [5.41, 5.74) is 0. The maximum Gasteiger partial charge on any atom is 0.319 e. The van der Waals surface area contributed by atoms with Crippen LogP contribution in [0, 0.1) is 0 Å². The molecule has 0 aliphatic rings. The molecule has 0 fully saturated rings. The fourth-order valence-corrected chi connectivity index (χ4v) is 1.42. The van der Waals surface area contributed by atoms with Gasteiger partial charge in [-0.25, -0.2) is 0 Å². The fourth-order valence-electron chi connectivity index (χ4n) is 1.29. The smallest absolute Gasteiger partial charge is 0.319 e. The molecule has 0 aliphatic heterocycles. The molecule has 0 aromatic heterocycles. The molecule has 0 saturated heterocycles. The van der Waals surface area contributed by atoms with Crippen LogP contribution >= 0.6 is 25.3 Å². The minimum absolute atomic E-state index is 0.125. The number of aliphatic hydroxyl groups excluding tert-OH is 2. The number of carbonyl (C=O) groups excluding carboxylic acids is 2. The molecule has 25 heavy (non-hydrogen) atoms. The monoisotopic (exact) mass is 400 g/mol. The van der Waals surface area contributed by atoms with Crippen molar-refractivity contribution < 1.29 is 34.0 Å². The molecule has 0 aromatic carbocycles. The van der Waals surface area contributed by atoms with Crippen LogP contribution in [0.5, 0.6) is 0 Å². The van der Waals surface area contributed by atoms with Crippen LogP contribution in [0.4, 0.5) is 0 Å². The van der Waals surface area contributed by atoms with Gasteiger partial charge < -0.3 is 24.4 Å². The molecule has 0 aliphatic carbocycles. The van der Waals surface area contributed by atoms with Crippen LogP contribution in [0.1, 0.15) is 40.5 Å². The SMILES string of the molecule is CCC(S)C(=O)OCC(C)OCC(C)OC(=O)C(S)CC.OCCO. The molecule has 9 heteroatoms. The standard InChI is InChI=1S/C14H26O5S2.C2H6O2/c1-5-11(20)13(15)18-7-9(3)17-8-10(4)19-14(16)12(21)6-2;3-1-2-4/h9-12,20-21H,5-8H2,1-4H3;3-4H,1-2H2. The van der Waals surface area contributed by atoms with E-state index in [0.29, 0.717) is 12.8 Å². The molecule has 2 N–H and O–H groups in total. The lowest BCUT2D eigenvalue weighted by molar-refractivity contribution is -0.153. The summed E-state index contributed by atoms with van der Waals surface area (Å²) in [6.07, 6.45) is 0.590. The molecule has 0 rings (SSSR count). The van der Waals surface area contributed by atoms with Gasteiger partial charge in [-0.1, -0.05) is 13.8 Å². The number of thiol groups is 2. The van der Waals surface area contributed by atoms with Crippen LogP contribution in [0.25, 0.3) is 0 Å². The third-order valence-electron chi connectivity index (χ3n) is 2.81. The second-order valence-corrected chi connectivity index (χ2v) is 6.56. The fraction of sp³-hybridized carbons (Fsp3) is 0.875. The van der Waals surface area contributed by atoms with Crippen molar-refractivity contribution in [2.75, 3.05) is 26.4 Å². The average Bonchev–Trinajstić information content (AvgIpc) is 2.62. The summed E-state index contributed by atoms with van der Waals surface area (Å²) >= 11 is 8.21. The molecule has 7 nitrogen and oxygen atoms in total. The predicted molar refractivity (Wildman–Crippen MR) is 102 cm³/mol. The van der Waals surface area contributed by atoms with Crippen molar-refractivity contribution in [3.63, 3.8) is 0 Å². The topological polar surface area (TPSA) is 102 Å². The number of carbonyl (C=O) groups is 2. The summed E-state index contributed by atoms with van der Waals surface area (Å²) in [4.78, 5) is 23.0. The maximum atomic E-state index is 11.5. The predicted octanol–water partition coefficient (Wildman–Crippen LogP) is 1.25. The molecule has 0 bridgehead atoms. The third kappa shape index (κ3) is 15.5. The second-order valence-electron chi connectivity index (χ2n) is 5.32. The zero-order valence-electron chi connectivity index (χ0n) is 15.4. The number of hydrogen-bond donors (Lipinski definition) is 4. The van der Waals surface area contributed by atoms with Crippen molar-refractivity contribution >= 4 is 37.2 Å². The van der Waals surface area contributed by atoms with Crippen LogP contribution in [0.15, 0.2) is 0 Å². The van der Waals surface area contributed by atoms with E-state index < -0.39 is 10.5 Å². The largest absolute Gasteiger partial charge is 0.462 e. The summed E-state index contributed by atoms with van der Waals surface area (Å²) in [6, 6.07) is 0. The van der Waals surface area contributed by atoms with E-state index in [1.165, 1.54) is 0 Å². The zero-order chi connectivity index (χ0) is 19.8. The van der Waals surface area contributed by atoms with Gasteiger partial charge in [-0.3, -0.25) is 9.59 Å². The first-order valence-corrected chi connectivity index (χ1v) is 9.33. The maximum absolute atomic E-state index is 11.5. The highest BCUT2D eigenvalue weighted by Crippen LogP contribution is 2.07. The molecular formula is C16H32O7S2. The highest BCUT2D eigenvalue weighted by Gasteiger charge is 2.18. The highest BCUT2D eigenvalue weighted by molar-refractivity contribution is 7.82. The van der Waals surface area contributed by atoms with Gasteiger partial charge in [0.05, 0.1) is 36.4 Å². The number of hydrogen-bond acceptors (Lipinski definition) is 9. The van der Waals surface area contributed by atoms with E-state index in [0.717, 1.165) is 0 Å². The van der Waals surface area contributed by atoms with Gasteiger partial charge in [0.25, 0.3) is 0 Å². The van der Waals surface area contributed by atoms with Gasteiger partial charge in [-0.15, -0.1) is 0 Å². The van der Waals surface area contributed by atoms with Gasteiger partial charge in [0.2, 0.25) is 0 Å². The van der Waals surface area contributed by atoms with Crippen molar-refractivity contribution in [1.82, 2.24) is 0 Å². The Hall–Kier alpha value is -0.480. The first kappa shape index (κ1) is 26.7. The first-order valence-electron chi connectivity index (χ1n) is 8.29.